The van der Waals surface area contributed by atoms with Crippen LogP contribution in [0.5, 0.6) is 0 Å². The highest BCUT2D eigenvalue weighted by molar-refractivity contribution is 5.76. The van der Waals surface area contributed by atoms with Crippen LogP contribution in [-0.2, 0) is 9.59 Å². The fraction of sp³-hybridized carbons (Fsp3) is 0. The standard InChI is InChI=1S/C8H6F2N2O2/c9-5-1-7(11-3-13)6(10)2-8(5)12-4-14/h1-4H,(H,11,13)(H,12,14). The summed E-state index contributed by atoms with van der Waals surface area (Å²) in [5.74, 6) is -1.66. The van der Waals surface area contributed by atoms with E-state index >= 15 is 0 Å². The number of hydrogen-bond donors (Lipinski definition) is 2. The molecular formula is C8H6F2N2O2. The third kappa shape index (κ3) is 2.03. The third-order valence-corrected chi connectivity index (χ3v) is 1.49. The number of anilines is 2. The van der Waals surface area contributed by atoms with Crippen molar-refractivity contribution in [1.29, 1.82) is 0 Å². The molecule has 0 aliphatic carbocycles. The van der Waals surface area contributed by atoms with Crippen molar-refractivity contribution in [3.05, 3.63) is 23.8 Å². The molecule has 74 valence electrons. The lowest BCUT2D eigenvalue weighted by molar-refractivity contribution is -0.106. The third-order valence-electron chi connectivity index (χ3n) is 1.49. The highest BCUT2D eigenvalue weighted by atomic mass is 19.1. The van der Waals surface area contributed by atoms with Gasteiger partial charge in [0, 0.05) is 12.1 Å². The van der Waals surface area contributed by atoms with Gasteiger partial charge < -0.3 is 10.6 Å². The number of carbonyl (C=O) groups is 2. The molecule has 14 heavy (non-hydrogen) atoms. The summed E-state index contributed by atoms with van der Waals surface area (Å²) in [7, 11) is 0. The van der Waals surface area contributed by atoms with Gasteiger partial charge in [-0.15, -0.1) is 0 Å². The average Bonchev–Trinajstić information content (AvgIpc) is 2.14. The zero-order chi connectivity index (χ0) is 10.6. The van der Waals surface area contributed by atoms with E-state index in [1.807, 2.05) is 10.6 Å². The van der Waals surface area contributed by atoms with Crippen LogP contribution in [-0.4, -0.2) is 12.8 Å². The molecule has 0 heterocycles. The molecule has 2 amide bonds. The Morgan fingerprint density at radius 2 is 1.29 bits per heavy atom. The molecular weight excluding hydrogens is 194 g/mol. The second-order valence-electron chi connectivity index (χ2n) is 2.34. The summed E-state index contributed by atoms with van der Waals surface area (Å²) in [6.07, 6.45) is 0.454. The van der Waals surface area contributed by atoms with Crippen molar-refractivity contribution in [2.24, 2.45) is 0 Å². The van der Waals surface area contributed by atoms with Crippen LogP contribution in [0.4, 0.5) is 20.2 Å². The van der Waals surface area contributed by atoms with E-state index in [1.54, 1.807) is 0 Å². The van der Waals surface area contributed by atoms with Gasteiger partial charge in [0.1, 0.15) is 11.6 Å². The molecule has 0 saturated heterocycles. The monoisotopic (exact) mass is 200 g/mol. The van der Waals surface area contributed by atoms with Crippen molar-refractivity contribution in [2.75, 3.05) is 10.6 Å². The summed E-state index contributed by atoms with van der Waals surface area (Å²) < 4.78 is 26.0. The van der Waals surface area contributed by atoms with Gasteiger partial charge >= 0.3 is 0 Å². The molecule has 0 fully saturated rings. The molecule has 4 nitrogen and oxygen atoms in total. The summed E-state index contributed by atoms with van der Waals surface area (Å²) in [6.45, 7) is 0. The Morgan fingerprint density at radius 1 is 0.929 bits per heavy atom. The maximum atomic E-state index is 13.0. The van der Waals surface area contributed by atoms with E-state index in [-0.39, 0.29) is 24.2 Å². The molecule has 0 aliphatic rings. The van der Waals surface area contributed by atoms with Crippen molar-refractivity contribution in [3.8, 4) is 0 Å². The number of nitrogens with one attached hydrogen (secondary N) is 2. The maximum absolute atomic E-state index is 13.0. The predicted octanol–water partition coefficient (Wildman–Crippen LogP) is 1.10. The van der Waals surface area contributed by atoms with E-state index in [0.29, 0.717) is 0 Å². The summed E-state index contributed by atoms with van der Waals surface area (Å²) in [5, 5.41) is 3.95. The lowest BCUT2D eigenvalue weighted by Gasteiger charge is -2.05. The number of benzene rings is 1. The molecule has 0 atom stereocenters. The first kappa shape index (κ1) is 10.1. The molecule has 0 aromatic heterocycles. The second-order valence-corrected chi connectivity index (χ2v) is 2.34. The van der Waals surface area contributed by atoms with Crippen LogP contribution in [0.1, 0.15) is 0 Å². The molecule has 1 aromatic rings. The van der Waals surface area contributed by atoms with E-state index in [4.69, 9.17) is 0 Å². The highest BCUT2D eigenvalue weighted by Crippen LogP contribution is 2.22. The van der Waals surface area contributed by atoms with Gasteiger partial charge in [0.15, 0.2) is 0 Å². The molecule has 1 aromatic carbocycles. The molecule has 0 bridgehead atoms. The molecule has 6 heteroatoms. The number of halogens is 2. The second kappa shape index (κ2) is 4.31. The fourth-order valence-corrected chi connectivity index (χ4v) is 0.895. The maximum Gasteiger partial charge on any atom is 0.211 e. The molecule has 0 saturated carbocycles. The van der Waals surface area contributed by atoms with E-state index < -0.39 is 11.6 Å². The van der Waals surface area contributed by atoms with Gasteiger partial charge in [0.05, 0.1) is 11.4 Å². The first-order valence-corrected chi connectivity index (χ1v) is 3.58. The lowest BCUT2D eigenvalue weighted by Crippen LogP contribution is -2.02. The molecule has 0 spiro atoms. The number of carbonyl (C=O) groups excluding carboxylic acids is 2. The van der Waals surface area contributed by atoms with E-state index in [1.165, 1.54) is 0 Å². The van der Waals surface area contributed by atoms with Gasteiger partial charge in [-0.25, -0.2) is 8.78 Å². The first-order chi connectivity index (χ1) is 6.69. The summed E-state index contributed by atoms with van der Waals surface area (Å²) in [4.78, 5) is 20.0. The van der Waals surface area contributed by atoms with Gasteiger partial charge in [-0.05, 0) is 0 Å². The van der Waals surface area contributed by atoms with Crippen molar-refractivity contribution in [3.63, 3.8) is 0 Å². The Morgan fingerprint density at radius 3 is 1.57 bits per heavy atom. The van der Waals surface area contributed by atoms with Crippen molar-refractivity contribution >= 4 is 24.2 Å². The zero-order valence-electron chi connectivity index (χ0n) is 6.88. The predicted molar refractivity (Wildman–Crippen MR) is 45.7 cm³/mol. The number of rotatable bonds is 4. The average molecular weight is 200 g/mol. The van der Waals surface area contributed by atoms with Gasteiger partial charge in [0.2, 0.25) is 12.8 Å². The molecule has 0 radical (unpaired) electrons. The first-order valence-electron chi connectivity index (χ1n) is 3.58. The van der Waals surface area contributed by atoms with E-state index in [0.717, 1.165) is 12.1 Å². The summed E-state index contributed by atoms with van der Waals surface area (Å²) in [5.41, 5.74) is -0.567. The normalized spacial score (nSPS) is 9.29. The van der Waals surface area contributed by atoms with E-state index in [2.05, 4.69) is 0 Å². The zero-order valence-corrected chi connectivity index (χ0v) is 6.88. The quantitative estimate of drug-likeness (QED) is 0.715. The minimum absolute atomic E-state index is 0.227. The smallest absolute Gasteiger partial charge is 0.211 e. The Kier molecular flexibility index (Phi) is 3.11. The summed E-state index contributed by atoms with van der Waals surface area (Å²) in [6, 6.07) is 1.55. The Labute approximate surface area is 77.9 Å². The Hall–Kier alpha value is -1.98. The number of hydrogen-bond acceptors (Lipinski definition) is 2. The fourth-order valence-electron chi connectivity index (χ4n) is 0.895. The van der Waals surface area contributed by atoms with Crippen LogP contribution < -0.4 is 10.6 Å². The van der Waals surface area contributed by atoms with Crippen molar-refractivity contribution < 1.29 is 18.4 Å². The highest BCUT2D eigenvalue weighted by Gasteiger charge is 2.08. The minimum Gasteiger partial charge on any atom is -0.326 e. The van der Waals surface area contributed by atoms with Crippen molar-refractivity contribution in [1.82, 2.24) is 0 Å². The largest absolute Gasteiger partial charge is 0.326 e. The van der Waals surface area contributed by atoms with Crippen LogP contribution in [0.25, 0.3) is 0 Å². The Balaban J connectivity index is 3.09. The van der Waals surface area contributed by atoms with Crippen LogP contribution in [0.3, 0.4) is 0 Å². The van der Waals surface area contributed by atoms with E-state index in [9.17, 15) is 18.4 Å². The molecule has 0 aliphatic heterocycles. The molecule has 1 rings (SSSR count). The van der Waals surface area contributed by atoms with Crippen molar-refractivity contribution in [2.45, 2.75) is 0 Å². The Bertz CT molecular complexity index is 333. The summed E-state index contributed by atoms with van der Waals surface area (Å²) >= 11 is 0. The van der Waals surface area contributed by atoms with Crippen LogP contribution in [0.15, 0.2) is 12.1 Å². The van der Waals surface area contributed by atoms with Crippen LogP contribution in [0.2, 0.25) is 0 Å². The molecule has 0 unspecified atom stereocenters. The minimum atomic E-state index is -0.831. The topological polar surface area (TPSA) is 58.2 Å². The lowest BCUT2D eigenvalue weighted by atomic mass is 10.2. The van der Waals surface area contributed by atoms with Gasteiger partial charge in [-0.3, -0.25) is 9.59 Å². The SMILES string of the molecule is O=CNc1cc(F)c(NC=O)cc1F. The van der Waals surface area contributed by atoms with Gasteiger partial charge in [-0.2, -0.15) is 0 Å². The number of amides is 2. The van der Waals surface area contributed by atoms with Gasteiger partial charge in [-0.1, -0.05) is 0 Å². The van der Waals surface area contributed by atoms with Gasteiger partial charge in [0.25, 0.3) is 0 Å². The van der Waals surface area contributed by atoms with Crippen LogP contribution in [0, 0.1) is 11.6 Å². The van der Waals surface area contributed by atoms with Crippen LogP contribution >= 0.6 is 0 Å². The molecule has 2 N–H and O–H groups in total.